The molecule has 0 spiro atoms. The highest BCUT2D eigenvalue weighted by Crippen LogP contribution is 2.35. The number of benzene rings is 2. The van der Waals surface area contributed by atoms with Gasteiger partial charge in [-0.2, -0.15) is 0 Å². The number of methoxy groups -OCH3 is 1. The second-order valence-electron chi connectivity index (χ2n) is 5.65. The van der Waals surface area contributed by atoms with Crippen molar-refractivity contribution < 1.29 is 4.74 Å². The van der Waals surface area contributed by atoms with Crippen LogP contribution >= 0.6 is 11.6 Å². The summed E-state index contributed by atoms with van der Waals surface area (Å²) < 4.78 is 5.56. The summed E-state index contributed by atoms with van der Waals surface area (Å²) in [6, 6.07) is 14.2. The third-order valence-corrected chi connectivity index (χ3v) is 4.40. The molecule has 0 bridgehead atoms. The Morgan fingerprint density at radius 1 is 1.09 bits per heavy atom. The van der Waals surface area contributed by atoms with Crippen molar-refractivity contribution in [2.75, 3.05) is 27.2 Å². The van der Waals surface area contributed by atoms with Crippen LogP contribution in [-0.4, -0.2) is 32.1 Å². The van der Waals surface area contributed by atoms with E-state index in [1.807, 2.05) is 24.3 Å². The van der Waals surface area contributed by atoms with Crippen LogP contribution < -0.4 is 4.74 Å². The maximum absolute atomic E-state index is 6.34. The van der Waals surface area contributed by atoms with Crippen molar-refractivity contribution >= 4 is 17.2 Å². The van der Waals surface area contributed by atoms with Gasteiger partial charge >= 0.3 is 0 Å². The molecule has 0 aliphatic carbocycles. The van der Waals surface area contributed by atoms with E-state index in [0.29, 0.717) is 0 Å². The fourth-order valence-corrected chi connectivity index (χ4v) is 3.16. The van der Waals surface area contributed by atoms with Crippen molar-refractivity contribution in [1.29, 1.82) is 0 Å². The fourth-order valence-electron chi connectivity index (χ4n) is 2.91. The van der Waals surface area contributed by atoms with E-state index in [2.05, 4.69) is 36.2 Å². The van der Waals surface area contributed by atoms with Crippen LogP contribution in [0, 0.1) is 0 Å². The zero-order chi connectivity index (χ0) is 15.5. The van der Waals surface area contributed by atoms with E-state index in [1.54, 1.807) is 7.11 Å². The predicted octanol–water partition coefficient (Wildman–Crippen LogP) is 4.73. The standard InChI is InChI=1S/C19H20ClNO/c1-21-11-5-6-15(13-21)17-12-14(9-10-19(17)22-2)16-7-3-4-8-18(16)20/h3-4,6-10,12H,5,11,13H2,1-2H3. The summed E-state index contributed by atoms with van der Waals surface area (Å²) in [5, 5.41) is 0.772. The van der Waals surface area contributed by atoms with E-state index in [9.17, 15) is 0 Å². The zero-order valence-electron chi connectivity index (χ0n) is 13.0. The van der Waals surface area contributed by atoms with Gasteiger partial charge in [0.15, 0.2) is 0 Å². The SMILES string of the molecule is COc1ccc(-c2ccccc2Cl)cc1C1=CCCN(C)C1. The van der Waals surface area contributed by atoms with E-state index in [0.717, 1.165) is 47.0 Å². The van der Waals surface area contributed by atoms with Gasteiger partial charge in [0.1, 0.15) is 5.75 Å². The Bertz CT molecular complexity index is 708. The minimum Gasteiger partial charge on any atom is -0.496 e. The van der Waals surface area contributed by atoms with Crippen LogP contribution in [0.15, 0.2) is 48.5 Å². The Labute approximate surface area is 137 Å². The molecule has 22 heavy (non-hydrogen) atoms. The Balaban J connectivity index is 2.07. The number of likely N-dealkylation sites (N-methyl/N-ethyl adjacent to an activating group) is 1. The molecule has 0 amide bonds. The van der Waals surface area contributed by atoms with Gasteiger partial charge in [-0.1, -0.05) is 41.9 Å². The lowest BCUT2D eigenvalue weighted by molar-refractivity contribution is 0.370. The summed E-state index contributed by atoms with van der Waals surface area (Å²) in [5.41, 5.74) is 4.65. The van der Waals surface area contributed by atoms with Crippen molar-refractivity contribution in [3.63, 3.8) is 0 Å². The van der Waals surface area contributed by atoms with E-state index in [1.165, 1.54) is 5.57 Å². The molecule has 2 aromatic rings. The number of hydrogen-bond acceptors (Lipinski definition) is 2. The summed E-state index contributed by atoms with van der Waals surface area (Å²) >= 11 is 6.34. The second kappa shape index (κ2) is 6.55. The molecule has 114 valence electrons. The molecule has 1 aliphatic heterocycles. The van der Waals surface area contributed by atoms with Crippen LogP contribution in [0.3, 0.4) is 0 Å². The maximum atomic E-state index is 6.34. The smallest absolute Gasteiger partial charge is 0.126 e. The second-order valence-corrected chi connectivity index (χ2v) is 6.06. The monoisotopic (exact) mass is 313 g/mol. The molecule has 0 fully saturated rings. The van der Waals surface area contributed by atoms with Gasteiger partial charge in [0.05, 0.1) is 7.11 Å². The summed E-state index contributed by atoms with van der Waals surface area (Å²) in [6.45, 7) is 2.05. The maximum Gasteiger partial charge on any atom is 0.126 e. The van der Waals surface area contributed by atoms with Gasteiger partial charge in [-0.05, 0) is 42.8 Å². The number of halogens is 1. The van der Waals surface area contributed by atoms with Gasteiger partial charge in [-0.25, -0.2) is 0 Å². The molecule has 0 aromatic heterocycles. The highest BCUT2D eigenvalue weighted by atomic mass is 35.5. The van der Waals surface area contributed by atoms with Crippen molar-refractivity contribution in [2.45, 2.75) is 6.42 Å². The van der Waals surface area contributed by atoms with Gasteiger partial charge in [0.25, 0.3) is 0 Å². The molecule has 2 aromatic carbocycles. The van der Waals surface area contributed by atoms with Crippen molar-refractivity contribution in [3.05, 3.63) is 59.1 Å². The first kappa shape index (κ1) is 15.1. The van der Waals surface area contributed by atoms with Gasteiger partial charge in [0, 0.05) is 29.2 Å². The molecule has 1 aliphatic rings. The molecule has 0 saturated heterocycles. The van der Waals surface area contributed by atoms with Crippen LogP contribution in [0.25, 0.3) is 16.7 Å². The number of nitrogens with zero attached hydrogens (tertiary/aromatic N) is 1. The first-order chi connectivity index (χ1) is 10.7. The fraction of sp³-hybridized carbons (Fsp3) is 0.263. The molecule has 1 heterocycles. The van der Waals surface area contributed by atoms with Gasteiger partial charge in [-0.3, -0.25) is 0 Å². The molecule has 0 atom stereocenters. The highest BCUT2D eigenvalue weighted by molar-refractivity contribution is 6.33. The minimum absolute atomic E-state index is 0.772. The van der Waals surface area contributed by atoms with Gasteiger partial charge in [0.2, 0.25) is 0 Å². The topological polar surface area (TPSA) is 12.5 Å². The van der Waals surface area contributed by atoms with E-state index in [-0.39, 0.29) is 0 Å². The molecule has 0 radical (unpaired) electrons. The first-order valence-electron chi connectivity index (χ1n) is 7.50. The Hall–Kier alpha value is -1.77. The third-order valence-electron chi connectivity index (χ3n) is 4.07. The van der Waals surface area contributed by atoms with Crippen LogP contribution in [0.1, 0.15) is 12.0 Å². The molecule has 3 rings (SSSR count). The van der Waals surface area contributed by atoms with E-state index in [4.69, 9.17) is 16.3 Å². The lowest BCUT2D eigenvalue weighted by Crippen LogP contribution is -2.25. The molecule has 0 saturated carbocycles. The van der Waals surface area contributed by atoms with Gasteiger partial charge < -0.3 is 9.64 Å². The average Bonchev–Trinajstić information content (AvgIpc) is 2.55. The largest absolute Gasteiger partial charge is 0.496 e. The summed E-state index contributed by atoms with van der Waals surface area (Å²) in [7, 11) is 3.87. The van der Waals surface area contributed by atoms with E-state index < -0.39 is 0 Å². The quantitative estimate of drug-likeness (QED) is 0.812. The third kappa shape index (κ3) is 3.03. The normalized spacial score (nSPS) is 15.5. The summed E-state index contributed by atoms with van der Waals surface area (Å²) in [6.07, 6.45) is 3.39. The van der Waals surface area contributed by atoms with Crippen molar-refractivity contribution in [3.8, 4) is 16.9 Å². The van der Waals surface area contributed by atoms with Crippen LogP contribution in [0.4, 0.5) is 0 Å². The minimum atomic E-state index is 0.772. The van der Waals surface area contributed by atoms with E-state index >= 15 is 0 Å². The summed E-state index contributed by atoms with van der Waals surface area (Å²) in [5.74, 6) is 0.914. The molecule has 3 heteroatoms. The van der Waals surface area contributed by atoms with Gasteiger partial charge in [-0.15, -0.1) is 0 Å². The zero-order valence-corrected chi connectivity index (χ0v) is 13.7. The van der Waals surface area contributed by atoms with Crippen LogP contribution in [0.5, 0.6) is 5.75 Å². The number of rotatable bonds is 3. The predicted molar refractivity (Wildman–Crippen MR) is 93.5 cm³/mol. The molecule has 0 N–H and O–H groups in total. The van der Waals surface area contributed by atoms with Crippen molar-refractivity contribution in [1.82, 2.24) is 4.90 Å². The molecular formula is C19H20ClNO. The average molecular weight is 314 g/mol. The first-order valence-corrected chi connectivity index (χ1v) is 7.87. The lowest BCUT2D eigenvalue weighted by Gasteiger charge is -2.24. The highest BCUT2D eigenvalue weighted by Gasteiger charge is 2.15. The molecule has 0 unspecified atom stereocenters. The van der Waals surface area contributed by atoms with Crippen LogP contribution in [0.2, 0.25) is 5.02 Å². The Kier molecular flexibility index (Phi) is 4.51. The lowest BCUT2D eigenvalue weighted by atomic mass is 9.96. The number of ether oxygens (including phenoxy) is 1. The van der Waals surface area contributed by atoms with Crippen LogP contribution in [-0.2, 0) is 0 Å². The molecule has 2 nitrogen and oxygen atoms in total. The Morgan fingerprint density at radius 3 is 2.64 bits per heavy atom. The summed E-state index contributed by atoms with van der Waals surface area (Å²) in [4.78, 5) is 2.33. The Morgan fingerprint density at radius 2 is 1.91 bits per heavy atom. The molecular weight excluding hydrogens is 294 g/mol. The number of hydrogen-bond donors (Lipinski definition) is 0. The van der Waals surface area contributed by atoms with Crippen molar-refractivity contribution in [2.24, 2.45) is 0 Å².